The summed E-state index contributed by atoms with van der Waals surface area (Å²) in [6, 6.07) is 2.53. The van der Waals surface area contributed by atoms with Crippen molar-refractivity contribution in [3.63, 3.8) is 0 Å². The SMILES string of the molecule is COc1ccc(S(=O)(=O)O)c(OC(F)(F)F)c1.[KH]. The number of rotatable bonds is 3. The molecule has 0 atom stereocenters. The molecular weight excluding hydrogens is 304 g/mol. The molecule has 10 heteroatoms. The Kier molecular flexibility index (Phi) is 6.60. The molecule has 0 aliphatic carbocycles. The van der Waals surface area contributed by atoms with Crippen LogP contribution in [0.5, 0.6) is 11.5 Å². The number of hydrogen-bond acceptors (Lipinski definition) is 4. The number of halogens is 3. The Hall–Kier alpha value is 0.156. The van der Waals surface area contributed by atoms with Crippen LogP contribution in [0.15, 0.2) is 23.1 Å². The zero-order valence-electron chi connectivity index (χ0n) is 8.35. The van der Waals surface area contributed by atoms with Crippen molar-refractivity contribution in [2.24, 2.45) is 0 Å². The van der Waals surface area contributed by atoms with Crippen LogP contribution < -0.4 is 9.47 Å². The van der Waals surface area contributed by atoms with E-state index in [1.807, 2.05) is 0 Å². The second kappa shape index (κ2) is 6.55. The maximum atomic E-state index is 12.0. The van der Waals surface area contributed by atoms with Crippen molar-refractivity contribution in [3.05, 3.63) is 18.2 Å². The van der Waals surface area contributed by atoms with Crippen molar-refractivity contribution in [1.29, 1.82) is 0 Å². The first-order chi connectivity index (χ1) is 7.63. The van der Waals surface area contributed by atoms with E-state index in [-0.39, 0.29) is 57.1 Å². The van der Waals surface area contributed by atoms with Crippen LogP contribution in [0.4, 0.5) is 13.2 Å². The van der Waals surface area contributed by atoms with Gasteiger partial charge in [0.05, 0.1) is 7.11 Å². The van der Waals surface area contributed by atoms with Crippen LogP contribution in [0.2, 0.25) is 0 Å². The van der Waals surface area contributed by atoms with Gasteiger partial charge in [0.15, 0.2) is 5.75 Å². The molecule has 0 aromatic heterocycles. The number of alkyl halides is 3. The number of benzene rings is 1. The molecule has 0 saturated carbocycles. The average molecular weight is 312 g/mol. The third-order valence-corrected chi connectivity index (χ3v) is 2.55. The number of ether oxygens (including phenoxy) is 2. The molecular formula is C8H8F3KO5S. The van der Waals surface area contributed by atoms with Crippen LogP contribution in [0, 0.1) is 0 Å². The molecule has 0 spiro atoms. The van der Waals surface area contributed by atoms with E-state index in [1.165, 1.54) is 7.11 Å². The summed E-state index contributed by atoms with van der Waals surface area (Å²) < 4.78 is 74.4. The van der Waals surface area contributed by atoms with E-state index in [9.17, 15) is 21.6 Å². The summed E-state index contributed by atoms with van der Waals surface area (Å²) in [4.78, 5) is -0.990. The first-order valence-corrected chi connectivity index (χ1v) is 5.49. The van der Waals surface area contributed by atoms with Gasteiger partial charge in [0.25, 0.3) is 10.1 Å². The van der Waals surface area contributed by atoms with Crippen molar-refractivity contribution >= 4 is 61.5 Å². The fourth-order valence-electron chi connectivity index (χ4n) is 1.03. The van der Waals surface area contributed by atoms with E-state index in [4.69, 9.17) is 4.55 Å². The molecule has 0 radical (unpaired) electrons. The van der Waals surface area contributed by atoms with Crippen molar-refractivity contribution < 1.29 is 35.6 Å². The third kappa shape index (κ3) is 5.42. The molecule has 0 aliphatic heterocycles. The second-order valence-corrected chi connectivity index (χ2v) is 4.23. The molecule has 0 saturated heterocycles. The zero-order chi connectivity index (χ0) is 13.3. The normalized spacial score (nSPS) is 11.6. The molecule has 0 aliphatic rings. The Balaban J connectivity index is 0.00000289. The van der Waals surface area contributed by atoms with Gasteiger partial charge in [-0.05, 0) is 12.1 Å². The van der Waals surface area contributed by atoms with Gasteiger partial charge in [0.2, 0.25) is 0 Å². The van der Waals surface area contributed by atoms with Gasteiger partial charge in [-0.3, -0.25) is 4.55 Å². The summed E-state index contributed by atoms with van der Waals surface area (Å²) in [5, 5.41) is 0. The predicted molar refractivity (Wildman–Crippen MR) is 56.6 cm³/mol. The van der Waals surface area contributed by atoms with E-state index in [1.54, 1.807) is 0 Å². The Bertz CT molecular complexity index is 514. The molecule has 5 nitrogen and oxygen atoms in total. The molecule has 1 aromatic carbocycles. The van der Waals surface area contributed by atoms with Crippen molar-refractivity contribution in [1.82, 2.24) is 0 Å². The Morgan fingerprint density at radius 3 is 2.22 bits per heavy atom. The van der Waals surface area contributed by atoms with Gasteiger partial charge in [-0.25, -0.2) is 0 Å². The summed E-state index contributed by atoms with van der Waals surface area (Å²) >= 11 is 0. The average Bonchev–Trinajstić information content (AvgIpc) is 2.13. The van der Waals surface area contributed by atoms with Crippen LogP contribution in [0.25, 0.3) is 0 Å². The summed E-state index contributed by atoms with van der Waals surface area (Å²) in [6.45, 7) is 0. The van der Waals surface area contributed by atoms with E-state index in [2.05, 4.69) is 9.47 Å². The van der Waals surface area contributed by atoms with Crippen LogP contribution in [0.1, 0.15) is 0 Å². The van der Waals surface area contributed by atoms with Crippen molar-refractivity contribution in [2.45, 2.75) is 11.3 Å². The molecule has 1 N–H and O–H groups in total. The van der Waals surface area contributed by atoms with Gasteiger partial charge in [-0.15, -0.1) is 13.2 Å². The zero-order valence-corrected chi connectivity index (χ0v) is 9.17. The van der Waals surface area contributed by atoms with Crippen molar-refractivity contribution in [3.8, 4) is 11.5 Å². The standard InChI is InChI=1S/C8H7F3O5S.K.H/c1-15-5-2-3-7(17(12,13)14)6(4-5)16-8(9,10)11;;/h2-4H,1H3,(H,12,13,14);;. The molecule has 18 heavy (non-hydrogen) atoms. The van der Waals surface area contributed by atoms with Gasteiger partial charge in [0, 0.05) is 6.07 Å². The van der Waals surface area contributed by atoms with Gasteiger partial charge in [-0.2, -0.15) is 8.42 Å². The maximum absolute atomic E-state index is 12.0. The van der Waals surface area contributed by atoms with E-state index in [0.717, 1.165) is 12.1 Å². The monoisotopic (exact) mass is 312 g/mol. The van der Waals surface area contributed by atoms with Crippen LogP contribution in [-0.2, 0) is 10.1 Å². The summed E-state index contributed by atoms with van der Waals surface area (Å²) in [5.74, 6) is -1.10. The predicted octanol–water partition coefficient (Wildman–Crippen LogP) is 1.19. The minimum absolute atomic E-state index is 0. The molecule has 0 heterocycles. The van der Waals surface area contributed by atoms with Gasteiger partial charge in [-0.1, -0.05) is 0 Å². The topological polar surface area (TPSA) is 72.8 Å². The first-order valence-electron chi connectivity index (χ1n) is 4.05. The van der Waals surface area contributed by atoms with Gasteiger partial charge >= 0.3 is 57.7 Å². The number of methoxy groups -OCH3 is 1. The van der Waals surface area contributed by atoms with Gasteiger partial charge in [0.1, 0.15) is 10.6 Å². The Labute approximate surface area is 143 Å². The molecule has 0 fully saturated rings. The Morgan fingerprint density at radius 1 is 1.28 bits per heavy atom. The molecule has 0 unspecified atom stereocenters. The quantitative estimate of drug-likeness (QED) is 0.670. The van der Waals surface area contributed by atoms with Crippen LogP contribution in [-0.4, -0.2) is 77.8 Å². The summed E-state index contributed by atoms with van der Waals surface area (Å²) in [5.41, 5.74) is 0. The molecule has 1 rings (SSSR count). The van der Waals surface area contributed by atoms with E-state index in [0.29, 0.717) is 6.07 Å². The summed E-state index contributed by atoms with van der Waals surface area (Å²) in [7, 11) is -3.63. The van der Waals surface area contributed by atoms with Crippen LogP contribution >= 0.6 is 0 Å². The minimum atomic E-state index is -5.08. The first kappa shape index (κ1) is 18.2. The molecule has 0 bridgehead atoms. The fraction of sp³-hybridized carbons (Fsp3) is 0.250. The van der Waals surface area contributed by atoms with E-state index < -0.39 is 27.1 Å². The fourth-order valence-corrected chi connectivity index (χ4v) is 1.63. The van der Waals surface area contributed by atoms with Crippen molar-refractivity contribution in [2.75, 3.05) is 7.11 Å². The Morgan fingerprint density at radius 2 is 1.83 bits per heavy atom. The number of hydrogen-bond donors (Lipinski definition) is 1. The molecule has 98 valence electrons. The molecule has 0 amide bonds. The van der Waals surface area contributed by atoms with Crippen LogP contribution in [0.3, 0.4) is 0 Å². The van der Waals surface area contributed by atoms with Gasteiger partial charge < -0.3 is 9.47 Å². The summed E-state index contributed by atoms with van der Waals surface area (Å²) in [6.07, 6.45) is -5.08. The second-order valence-electron chi connectivity index (χ2n) is 2.84. The third-order valence-electron chi connectivity index (χ3n) is 1.65. The molecule has 1 aromatic rings. The van der Waals surface area contributed by atoms with E-state index >= 15 is 0 Å².